The van der Waals surface area contributed by atoms with Crippen LogP contribution in [0.2, 0.25) is 0 Å². The highest BCUT2D eigenvalue weighted by molar-refractivity contribution is 5.89. The first-order chi connectivity index (χ1) is 14.5. The zero-order valence-corrected chi connectivity index (χ0v) is 17.0. The number of tetrazole rings is 1. The van der Waals surface area contributed by atoms with Gasteiger partial charge in [-0.05, 0) is 71.8 Å². The number of rotatable bonds is 4. The van der Waals surface area contributed by atoms with Crippen molar-refractivity contribution in [3.63, 3.8) is 0 Å². The molecular weight excluding hydrogens is 385 g/mol. The molecule has 1 aliphatic heterocycles. The number of nitrogens with zero attached hydrogens (tertiary/aromatic N) is 6. The summed E-state index contributed by atoms with van der Waals surface area (Å²) in [5, 5.41) is 14.9. The van der Waals surface area contributed by atoms with Crippen LogP contribution in [0.3, 0.4) is 0 Å². The van der Waals surface area contributed by atoms with E-state index < -0.39 is 0 Å². The van der Waals surface area contributed by atoms with E-state index in [1.54, 1.807) is 16.8 Å². The Balaban J connectivity index is 1.33. The number of anilines is 1. The van der Waals surface area contributed by atoms with Crippen LogP contribution in [0.25, 0.3) is 5.69 Å². The summed E-state index contributed by atoms with van der Waals surface area (Å²) >= 11 is 0. The molecule has 0 unspecified atom stereocenters. The molecule has 1 aromatic heterocycles. The van der Waals surface area contributed by atoms with Crippen LogP contribution in [0.5, 0.6) is 0 Å². The van der Waals surface area contributed by atoms with E-state index >= 15 is 0 Å². The molecule has 1 N–H and O–H groups in total. The summed E-state index contributed by atoms with van der Waals surface area (Å²) in [6.07, 6.45) is 0. The maximum atomic E-state index is 13.2. The van der Waals surface area contributed by atoms with Gasteiger partial charge in [-0.1, -0.05) is 6.07 Å². The van der Waals surface area contributed by atoms with Crippen LogP contribution < -0.4 is 5.32 Å². The molecule has 9 heteroatoms. The lowest BCUT2D eigenvalue weighted by atomic mass is 10.1. The fourth-order valence-corrected chi connectivity index (χ4v) is 3.42. The maximum Gasteiger partial charge on any atom is 0.321 e. The molecule has 1 saturated heterocycles. The van der Waals surface area contributed by atoms with Crippen molar-refractivity contribution in [2.75, 3.05) is 31.5 Å². The number of amides is 2. The molecule has 156 valence electrons. The summed E-state index contributed by atoms with van der Waals surface area (Å²) in [7, 11) is 0. The predicted molar refractivity (Wildman–Crippen MR) is 111 cm³/mol. The maximum absolute atomic E-state index is 13.2. The highest BCUT2D eigenvalue weighted by Gasteiger charge is 2.23. The van der Waals surface area contributed by atoms with E-state index in [4.69, 9.17) is 0 Å². The molecule has 0 radical (unpaired) electrons. The molecule has 0 saturated carbocycles. The van der Waals surface area contributed by atoms with Crippen molar-refractivity contribution in [2.24, 2.45) is 0 Å². The normalized spacial score (nSPS) is 14.7. The monoisotopic (exact) mass is 409 g/mol. The second-order valence-corrected chi connectivity index (χ2v) is 7.48. The standard InChI is InChI=1S/C21H24FN7O/c1-15-3-6-18(13-16(15)2)23-21(30)28-11-9-27(10-12-28)14-20-24-25-26-29(20)19-7-4-17(22)5-8-19/h3-8,13H,9-12,14H2,1-2H3,(H,23,30). The van der Waals surface area contributed by atoms with Crippen molar-refractivity contribution >= 4 is 11.7 Å². The van der Waals surface area contributed by atoms with E-state index in [9.17, 15) is 9.18 Å². The fourth-order valence-electron chi connectivity index (χ4n) is 3.42. The lowest BCUT2D eigenvalue weighted by Crippen LogP contribution is -2.49. The molecule has 1 aliphatic rings. The summed E-state index contributed by atoms with van der Waals surface area (Å²) in [6, 6.07) is 11.9. The molecule has 0 aliphatic carbocycles. The number of urea groups is 1. The molecule has 0 spiro atoms. The molecule has 30 heavy (non-hydrogen) atoms. The number of aromatic nitrogens is 4. The number of carbonyl (C=O) groups excluding carboxylic acids is 1. The number of hydrogen-bond acceptors (Lipinski definition) is 5. The topological polar surface area (TPSA) is 79.2 Å². The molecule has 2 heterocycles. The molecule has 0 atom stereocenters. The van der Waals surface area contributed by atoms with Gasteiger partial charge >= 0.3 is 6.03 Å². The SMILES string of the molecule is Cc1ccc(NC(=O)N2CCN(Cc3nnnn3-c3ccc(F)cc3)CC2)cc1C. The predicted octanol–water partition coefficient (Wildman–Crippen LogP) is 2.77. The number of halogens is 1. The Bertz CT molecular complexity index is 1030. The van der Waals surface area contributed by atoms with E-state index in [-0.39, 0.29) is 11.8 Å². The number of piperazine rings is 1. The van der Waals surface area contributed by atoms with Gasteiger partial charge in [0.2, 0.25) is 0 Å². The van der Waals surface area contributed by atoms with Crippen molar-refractivity contribution in [3.05, 3.63) is 65.2 Å². The van der Waals surface area contributed by atoms with Crippen molar-refractivity contribution < 1.29 is 9.18 Å². The lowest BCUT2D eigenvalue weighted by molar-refractivity contribution is 0.140. The average Bonchev–Trinajstić information content (AvgIpc) is 3.20. The molecule has 2 amide bonds. The van der Waals surface area contributed by atoms with E-state index in [1.165, 1.54) is 17.7 Å². The second kappa shape index (κ2) is 8.58. The largest absolute Gasteiger partial charge is 0.322 e. The first-order valence-electron chi connectivity index (χ1n) is 9.88. The van der Waals surface area contributed by atoms with Crippen molar-refractivity contribution in [2.45, 2.75) is 20.4 Å². The summed E-state index contributed by atoms with van der Waals surface area (Å²) < 4.78 is 14.8. The molecule has 1 fully saturated rings. The van der Waals surface area contributed by atoms with Crippen LogP contribution in [-0.2, 0) is 6.54 Å². The molecular formula is C21H24FN7O. The molecule has 2 aromatic carbocycles. The van der Waals surface area contributed by atoms with Gasteiger partial charge in [0.25, 0.3) is 0 Å². The van der Waals surface area contributed by atoms with Crippen LogP contribution in [0.15, 0.2) is 42.5 Å². The van der Waals surface area contributed by atoms with E-state index in [2.05, 4.69) is 25.7 Å². The van der Waals surface area contributed by atoms with Gasteiger partial charge in [0.15, 0.2) is 5.82 Å². The molecule has 0 bridgehead atoms. The number of aryl methyl sites for hydroxylation is 2. The third-order valence-electron chi connectivity index (χ3n) is 5.39. The first-order valence-corrected chi connectivity index (χ1v) is 9.88. The van der Waals surface area contributed by atoms with E-state index in [1.807, 2.05) is 36.9 Å². The van der Waals surface area contributed by atoms with E-state index in [0.717, 1.165) is 24.3 Å². The number of hydrogen-bond donors (Lipinski definition) is 1. The Morgan fingerprint density at radius 1 is 1.03 bits per heavy atom. The van der Waals surface area contributed by atoms with Crippen LogP contribution in [0.1, 0.15) is 17.0 Å². The van der Waals surface area contributed by atoms with Crippen molar-refractivity contribution in [1.29, 1.82) is 0 Å². The smallest absolute Gasteiger partial charge is 0.321 e. The minimum Gasteiger partial charge on any atom is -0.322 e. The number of benzene rings is 2. The highest BCUT2D eigenvalue weighted by Crippen LogP contribution is 2.16. The second-order valence-electron chi connectivity index (χ2n) is 7.48. The summed E-state index contributed by atoms with van der Waals surface area (Å²) in [6.45, 7) is 7.31. The zero-order chi connectivity index (χ0) is 21.1. The number of carbonyl (C=O) groups is 1. The van der Waals surface area contributed by atoms with Crippen LogP contribution in [0.4, 0.5) is 14.9 Å². The van der Waals surface area contributed by atoms with Gasteiger partial charge in [0.1, 0.15) is 5.82 Å². The van der Waals surface area contributed by atoms with Gasteiger partial charge in [-0.3, -0.25) is 4.90 Å². The Labute approximate surface area is 174 Å². The number of nitrogens with one attached hydrogen (secondary N) is 1. The average molecular weight is 409 g/mol. The fraction of sp³-hybridized carbons (Fsp3) is 0.333. The van der Waals surface area contributed by atoms with Crippen LogP contribution >= 0.6 is 0 Å². The molecule has 3 aromatic rings. The van der Waals surface area contributed by atoms with Crippen molar-refractivity contribution in [1.82, 2.24) is 30.0 Å². The van der Waals surface area contributed by atoms with Gasteiger partial charge in [-0.25, -0.2) is 9.18 Å². The zero-order valence-electron chi connectivity index (χ0n) is 17.0. The lowest BCUT2D eigenvalue weighted by Gasteiger charge is -2.34. The molecule has 4 rings (SSSR count). The summed E-state index contributed by atoms with van der Waals surface area (Å²) in [5.41, 5.74) is 3.87. The summed E-state index contributed by atoms with van der Waals surface area (Å²) in [4.78, 5) is 16.6. The van der Waals surface area contributed by atoms with Gasteiger partial charge < -0.3 is 10.2 Å². The van der Waals surface area contributed by atoms with Gasteiger partial charge in [0.05, 0.1) is 12.2 Å². The van der Waals surface area contributed by atoms with E-state index in [0.29, 0.717) is 31.1 Å². The minimum atomic E-state index is -0.302. The summed E-state index contributed by atoms with van der Waals surface area (Å²) in [5.74, 6) is 0.373. The first kappa shape index (κ1) is 20.0. The Hall–Kier alpha value is -3.33. The Kier molecular flexibility index (Phi) is 5.71. The third kappa shape index (κ3) is 4.46. The third-order valence-corrected chi connectivity index (χ3v) is 5.39. The van der Waals surface area contributed by atoms with Crippen LogP contribution in [0, 0.1) is 19.7 Å². The van der Waals surface area contributed by atoms with Crippen LogP contribution in [-0.4, -0.2) is 62.2 Å². The van der Waals surface area contributed by atoms with Gasteiger partial charge in [-0.2, -0.15) is 4.68 Å². The molecule has 8 nitrogen and oxygen atoms in total. The Morgan fingerprint density at radius 3 is 2.47 bits per heavy atom. The highest BCUT2D eigenvalue weighted by atomic mass is 19.1. The van der Waals surface area contributed by atoms with Crippen molar-refractivity contribution in [3.8, 4) is 5.69 Å². The van der Waals surface area contributed by atoms with Gasteiger partial charge in [0, 0.05) is 31.9 Å². The quantitative estimate of drug-likeness (QED) is 0.717. The minimum absolute atomic E-state index is 0.0888. The Morgan fingerprint density at radius 2 is 1.77 bits per heavy atom. The van der Waals surface area contributed by atoms with Gasteiger partial charge in [-0.15, -0.1) is 5.10 Å².